The van der Waals surface area contributed by atoms with Crippen LogP contribution in [-0.4, -0.2) is 55.5 Å². The van der Waals surface area contributed by atoms with E-state index in [1.54, 1.807) is 0 Å². The van der Waals surface area contributed by atoms with E-state index in [4.69, 9.17) is 16.3 Å². The molecule has 1 N–H and O–H groups in total. The summed E-state index contributed by atoms with van der Waals surface area (Å²) >= 11 is 5.88. The lowest BCUT2D eigenvalue weighted by Crippen LogP contribution is -2.16. The van der Waals surface area contributed by atoms with E-state index in [1.807, 2.05) is 0 Å². The minimum Gasteiger partial charge on any atom is -0.480 e. The predicted octanol–water partition coefficient (Wildman–Crippen LogP) is 3.21. The number of halogens is 3. The number of methoxy groups -OCH3 is 1. The van der Waals surface area contributed by atoms with Crippen LogP contribution in [0.25, 0.3) is 27.8 Å². The van der Waals surface area contributed by atoms with E-state index in [9.17, 15) is 12.6 Å². The van der Waals surface area contributed by atoms with Crippen molar-refractivity contribution in [1.29, 1.82) is 0 Å². The number of pyridine rings is 2. The molecule has 4 aromatic heterocycles. The van der Waals surface area contributed by atoms with Crippen molar-refractivity contribution in [2.75, 3.05) is 18.1 Å². The van der Waals surface area contributed by atoms with Crippen LogP contribution in [0, 0.1) is 11.6 Å². The van der Waals surface area contributed by atoms with E-state index in [0.29, 0.717) is 5.39 Å². The third-order valence-electron chi connectivity index (χ3n) is 5.22. The van der Waals surface area contributed by atoms with Gasteiger partial charge in [-0.1, -0.05) is 11.6 Å². The van der Waals surface area contributed by atoms with Crippen molar-refractivity contribution in [3.05, 3.63) is 59.6 Å². The van der Waals surface area contributed by atoms with Gasteiger partial charge in [0.05, 0.1) is 34.2 Å². The van der Waals surface area contributed by atoms with E-state index >= 15 is 8.78 Å². The Kier molecular flexibility index (Phi) is 6.21. The van der Waals surface area contributed by atoms with Gasteiger partial charge in [-0.2, -0.15) is 0 Å². The van der Waals surface area contributed by atoms with Gasteiger partial charge in [-0.05, 0) is 24.3 Å². The molecule has 5 rings (SSSR count). The number of hydrogen-bond donors (Lipinski definition) is 1. The highest BCUT2D eigenvalue weighted by Crippen LogP contribution is 2.36. The number of hydrogen-bond acceptors (Lipinski definition) is 9. The first kappa shape index (κ1) is 24.9. The van der Waals surface area contributed by atoms with Gasteiger partial charge in [0.25, 0.3) is 10.0 Å². The van der Waals surface area contributed by atoms with Crippen molar-refractivity contribution in [3.8, 4) is 17.0 Å². The maximum absolute atomic E-state index is 15.8. The molecular formula is C21H14ClF2N7O4S2. The van der Waals surface area contributed by atoms with Crippen LogP contribution in [0.4, 0.5) is 14.5 Å². The number of fused-ring (bicyclic) bond motifs is 3. The maximum atomic E-state index is 15.8. The quantitative estimate of drug-likeness (QED) is 0.307. The molecular weight excluding hydrogens is 552 g/mol. The molecule has 0 radical (unpaired) electrons. The number of benzene rings is 1. The zero-order chi connectivity index (χ0) is 26.5. The summed E-state index contributed by atoms with van der Waals surface area (Å²) in [7, 11) is -4.73. The summed E-state index contributed by atoms with van der Waals surface area (Å²) in [6.45, 7) is 0. The standard InChI is InChI=1S/C21H14ClF2N7O4S2/c1-35-20-15(6-11(22)8-25-20)37(33,34)30-14-4-3-13(23)16(17(14)24)12-5-10-7-26-21(36(2)32)28-18(10)31-9-27-29-19(12)31/h3-9,30H,1-2H3. The summed E-state index contributed by atoms with van der Waals surface area (Å²) < 4.78 is 77.1. The average molecular weight is 566 g/mol. The summed E-state index contributed by atoms with van der Waals surface area (Å²) in [5, 5.41) is 8.16. The molecule has 0 aliphatic carbocycles. The molecule has 0 saturated heterocycles. The van der Waals surface area contributed by atoms with Crippen LogP contribution in [-0.2, 0) is 20.8 Å². The van der Waals surface area contributed by atoms with Gasteiger partial charge in [0.15, 0.2) is 22.0 Å². The Bertz CT molecular complexity index is 1850. The number of rotatable bonds is 6. The van der Waals surface area contributed by atoms with Gasteiger partial charge in [0.2, 0.25) is 11.0 Å². The fourth-order valence-electron chi connectivity index (χ4n) is 3.61. The first-order valence-electron chi connectivity index (χ1n) is 10.1. The molecule has 5 aromatic rings. The lowest BCUT2D eigenvalue weighted by Gasteiger charge is -2.14. The molecule has 1 unspecified atom stereocenters. The van der Waals surface area contributed by atoms with Gasteiger partial charge in [-0.3, -0.25) is 13.3 Å². The molecule has 1 aromatic carbocycles. The fraction of sp³-hybridized carbons (Fsp3) is 0.0952. The van der Waals surface area contributed by atoms with Crippen LogP contribution in [0.5, 0.6) is 5.88 Å². The zero-order valence-electron chi connectivity index (χ0n) is 18.8. The minimum atomic E-state index is -4.46. The second-order valence-electron chi connectivity index (χ2n) is 7.52. The van der Waals surface area contributed by atoms with E-state index in [-0.39, 0.29) is 32.9 Å². The number of nitrogens with one attached hydrogen (secondary N) is 1. The molecule has 0 aliphatic rings. The molecule has 190 valence electrons. The Morgan fingerprint density at radius 1 is 1.14 bits per heavy atom. The van der Waals surface area contributed by atoms with Crippen LogP contribution in [0.15, 0.2) is 53.0 Å². The number of ether oxygens (including phenoxy) is 1. The van der Waals surface area contributed by atoms with E-state index < -0.39 is 48.6 Å². The smallest absolute Gasteiger partial charge is 0.267 e. The topological polar surface area (TPSA) is 141 Å². The van der Waals surface area contributed by atoms with Gasteiger partial charge in [-0.15, -0.1) is 10.2 Å². The van der Waals surface area contributed by atoms with Gasteiger partial charge in [0, 0.05) is 29.6 Å². The summed E-state index contributed by atoms with van der Waals surface area (Å²) in [5.41, 5.74) is -0.875. The highest BCUT2D eigenvalue weighted by molar-refractivity contribution is 7.92. The minimum absolute atomic E-state index is 0.00378. The Morgan fingerprint density at radius 3 is 2.65 bits per heavy atom. The van der Waals surface area contributed by atoms with Crippen molar-refractivity contribution < 1.29 is 26.1 Å². The van der Waals surface area contributed by atoms with Crippen LogP contribution in [0.2, 0.25) is 5.02 Å². The summed E-state index contributed by atoms with van der Waals surface area (Å²) in [6.07, 6.45) is 5.22. The van der Waals surface area contributed by atoms with Crippen molar-refractivity contribution >= 4 is 54.8 Å². The molecule has 16 heteroatoms. The molecule has 0 aliphatic heterocycles. The van der Waals surface area contributed by atoms with Gasteiger partial charge in [0.1, 0.15) is 12.1 Å². The van der Waals surface area contributed by atoms with Crippen molar-refractivity contribution in [2.24, 2.45) is 0 Å². The van der Waals surface area contributed by atoms with E-state index in [1.165, 1.54) is 42.6 Å². The normalized spacial score (nSPS) is 12.7. The lowest BCUT2D eigenvalue weighted by molar-refractivity contribution is 0.385. The fourth-order valence-corrected chi connectivity index (χ4v) is 5.45. The summed E-state index contributed by atoms with van der Waals surface area (Å²) in [5.74, 6) is -2.47. The summed E-state index contributed by atoms with van der Waals surface area (Å²) in [6, 6.07) is 4.30. The zero-order valence-corrected chi connectivity index (χ0v) is 21.2. The Morgan fingerprint density at radius 2 is 1.92 bits per heavy atom. The maximum Gasteiger partial charge on any atom is 0.267 e. The molecule has 0 fully saturated rings. The molecule has 0 bridgehead atoms. The van der Waals surface area contributed by atoms with E-state index in [0.717, 1.165) is 18.2 Å². The monoisotopic (exact) mass is 565 g/mol. The molecule has 37 heavy (non-hydrogen) atoms. The van der Waals surface area contributed by atoms with E-state index in [2.05, 4.69) is 29.9 Å². The lowest BCUT2D eigenvalue weighted by atomic mass is 10.0. The molecule has 0 amide bonds. The molecule has 0 spiro atoms. The van der Waals surface area contributed by atoms with Crippen LogP contribution in [0.3, 0.4) is 0 Å². The third-order valence-corrected chi connectivity index (χ3v) is 7.50. The van der Waals surface area contributed by atoms with Crippen LogP contribution in [0.1, 0.15) is 0 Å². The predicted molar refractivity (Wildman–Crippen MR) is 130 cm³/mol. The molecule has 1 atom stereocenters. The SMILES string of the molecule is COc1ncc(Cl)cc1S(=O)(=O)Nc1ccc(F)c(-c2cc3cnc(S(C)=O)nc3n3cnnc23)c1F. The van der Waals surface area contributed by atoms with Crippen molar-refractivity contribution in [2.45, 2.75) is 10.1 Å². The molecule has 0 saturated carbocycles. The molecule has 11 nitrogen and oxygen atoms in total. The van der Waals surface area contributed by atoms with Gasteiger partial charge < -0.3 is 4.74 Å². The number of aromatic nitrogens is 6. The van der Waals surface area contributed by atoms with Crippen LogP contribution >= 0.6 is 11.6 Å². The molecule has 4 heterocycles. The van der Waals surface area contributed by atoms with Gasteiger partial charge in [-0.25, -0.2) is 32.2 Å². The first-order chi connectivity index (χ1) is 17.6. The third kappa shape index (κ3) is 4.34. The number of anilines is 1. The Labute approximate surface area is 215 Å². The van der Waals surface area contributed by atoms with Crippen LogP contribution < -0.4 is 9.46 Å². The van der Waals surface area contributed by atoms with Crippen molar-refractivity contribution in [3.63, 3.8) is 0 Å². The first-order valence-corrected chi connectivity index (χ1v) is 13.6. The average Bonchev–Trinajstić information content (AvgIpc) is 3.36. The van der Waals surface area contributed by atoms with Gasteiger partial charge >= 0.3 is 0 Å². The number of nitrogens with zero attached hydrogens (tertiary/aromatic N) is 6. The Hall–Kier alpha value is -3.82. The highest BCUT2D eigenvalue weighted by Gasteiger charge is 2.26. The van der Waals surface area contributed by atoms with Crippen molar-refractivity contribution in [1.82, 2.24) is 29.5 Å². The second-order valence-corrected chi connectivity index (χ2v) is 10.9. The largest absolute Gasteiger partial charge is 0.480 e. The number of sulfonamides is 1. The second kappa shape index (κ2) is 9.24. The Balaban J connectivity index is 1.68. The summed E-state index contributed by atoms with van der Waals surface area (Å²) in [4.78, 5) is 11.6. The highest BCUT2D eigenvalue weighted by atomic mass is 35.5.